The van der Waals surface area contributed by atoms with E-state index in [2.05, 4.69) is 5.32 Å². The Bertz CT molecular complexity index is 178. The molecular formula is C10H18F3NO. The maximum atomic E-state index is 12.3. The molecule has 2 atom stereocenters. The first-order valence-corrected chi connectivity index (χ1v) is 5.39. The van der Waals surface area contributed by atoms with E-state index in [1.165, 1.54) is 7.05 Å². The summed E-state index contributed by atoms with van der Waals surface area (Å²) in [6.07, 6.45) is -0.458. The maximum Gasteiger partial charge on any atom is 0.403 e. The molecule has 1 aliphatic rings. The van der Waals surface area contributed by atoms with Crippen molar-refractivity contribution in [2.45, 2.75) is 50.4 Å². The standard InChI is InChI=1S/C10H18F3NO/c1-14-9(10(11,12)13)6-2-4-8-5-3-7-15-8/h8-9,14H,2-7H2,1H3. The Morgan fingerprint density at radius 1 is 1.47 bits per heavy atom. The summed E-state index contributed by atoms with van der Waals surface area (Å²) in [7, 11) is 1.35. The predicted molar refractivity (Wildman–Crippen MR) is 51.7 cm³/mol. The molecule has 1 rings (SSSR count). The zero-order valence-electron chi connectivity index (χ0n) is 8.94. The third kappa shape index (κ3) is 4.38. The van der Waals surface area contributed by atoms with Gasteiger partial charge in [-0.05, 0) is 39.2 Å². The van der Waals surface area contributed by atoms with Crippen molar-refractivity contribution in [1.29, 1.82) is 0 Å². The van der Waals surface area contributed by atoms with Gasteiger partial charge >= 0.3 is 6.18 Å². The van der Waals surface area contributed by atoms with Crippen LogP contribution in [0.5, 0.6) is 0 Å². The lowest BCUT2D eigenvalue weighted by atomic mass is 10.1. The van der Waals surface area contributed by atoms with Crippen LogP contribution < -0.4 is 5.32 Å². The SMILES string of the molecule is CNC(CCCC1CCCO1)C(F)(F)F. The van der Waals surface area contributed by atoms with Crippen LogP contribution in [0.15, 0.2) is 0 Å². The van der Waals surface area contributed by atoms with Crippen LogP contribution in [0.4, 0.5) is 13.2 Å². The highest BCUT2D eigenvalue weighted by molar-refractivity contribution is 4.74. The van der Waals surface area contributed by atoms with Gasteiger partial charge < -0.3 is 10.1 Å². The van der Waals surface area contributed by atoms with Crippen molar-refractivity contribution < 1.29 is 17.9 Å². The Hall–Kier alpha value is -0.290. The van der Waals surface area contributed by atoms with E-state index in [0.717, 1.165) is 25.9 Å². The lowest BCUT2D eigenvalue weighted by Gasteiger charge is -2.20. The first-order valence-electron chi connectivity index (χ1n) is 5.39. The number of nitrogens with one attached hydrogen (secondary N) is 1. The molecule has 1 N–H and O–H groups in total. The third-order valence-corrected chi connectivity index (χ3v) is 2.79. The molecule has 0 aromatic rings. The molecule has 1 heterocycles. The van der Waals surface area contributed by atoms with Crippen LogP contribution in [0, 0.1) is 0 Å². The highest BCUT2D eigenvalue weighted by Gasteiger charge is 2.37. The summed E-state index contributed by atoms with van der Waals surface area (Å²) in [5, 5.41) is 2.30. The molecule has 1 fully saturated rings. The molecule has 0 aliphatic carbocycles. The molecule has 15 heavy (non-hydrogen) atoms. The van der Waals surface area contributed by atoms with E-state index in [1.807, 2.05) is 0 Å². The lowest BCUT2D eigenvalue weighted by molar-refractivity contribution is -0.156. The Morgan fingerprint density at radius 2 is 2.20 bits per heavy atom. The van der Waals surface area contributed by atoms with Gasteiger partial charge in [-0.25, -0.2) is 0 Å². The molecule has 0 aromatic carbocycles. The van der Waals surface area contributed by atoms with Crippen molar-refractivity contribution in [2.24, 2.45) is 0 Å². The van der Waals surface area contributed by atoms with Gasteiger partial charge in [-0.3, -0.25) is 0 Å². The average molecular weight is 225 g/mol. The molecule has 0 aromatic heterocycles. The zero-order valence-corrected chi connectivity index (χ0v) is 8.94. The van der Waals surface area contributed by atoms with E-state index >= 15 is 0 Å². The minimum Gasteiger partial charge on any atom is -0.378 e. The monoisotopic (exact) mass is 225 g/mol. The van der Waals surface area contributed by atoms with Crippen LogP contribution in [0.2, 0.25) is 0 Å². The number of ether oxygens (including phenoxy) is 1. The van der Waals surface area contributed by atoms with Gasteiger partial charge in [0.2, 0.25) is 0 Å². The molecule has 90 valence electrons. The summed E-state index contributed by atoms with van der Waals surface area (Å²) in [5.41, 5.74) is 0. The Balaban J connectivity index is 2.16. The minimum atomic E-state index is -4.13. The number of hydrogen-bond donors (Lipinski definition) is 1. The number of halogens is 3. The van der Waals surface area contributed by atoms with Gasteiger partial charge in [0.25, 0.3) is 0 Å². The summed E-state index contributed by atoms with van der Waals surface area (Å²) in [6.45, 7) is 0.763. The van der Waals surface area contributed by atoms with E-state index in [0.29, 0.717) is 6.42 Å². The summed E-state index contributed by atoms with van der Waals surface area (Å²) in [6, 6.07) is -1.38. The summed E-state index contributed by atoms with van der Waals surface area (Å²) >= 11 is 0. The Kier molecular flexibility index (Phi) is 4.86. The van der Waals surface area contributed by atoms with Gasteiger partial charge in [-0.15, -0.1) is 0 Å². The molecule has 0 saturated carbocycles. The van der Waals surface area contributed by atoms with Gasteiger partial charge in [-0.2, -0.15) is 13.2 Å². The molecule has 0 spiro atoms. The van der Waals surface area contributed by atoms with Crippen LogP contribution >= 0.6 is 0 Å². The van der Waals surface area contributed by atoms with Crippen LogP contribution in [-0.2, 0) is 4.74 Å². The molecule has 5 heteroatoms. The smallest absolute Gasteiger partial charge is 0.378 e. The van der Waals surface area contributed by atoms with Crippen LogP contribution in [0.1, 0.15) is 32.1 Å². The van der Waals surface area contributed by atoms with Gasteiger partial charge in [0.05, 0.1) is 6.10 Å². The first kappa shape index (κ1) is 12.8. The molecule has 0 bridgehead atoms. The van der Waals surface area contributed by atoms with Gasteiger partial charge in [-0.1, -0.05) is 0 Å². The van der Waals surface area contributed by atoms with Crippen molar-refractivity contribution in [2.75, 3.05) is 13.7 Å². The number of alkyl halides is 3. The van der Waals surface area contributed by atoms with E-state index in [9.17, 15) is 13.2 Å². The summed E-state index contributed by atoms with van der Waals surface area (Å²) < 4.78 is 42.3. The fourth-order valence-corrected chi connectivity index (χ4v) is 1.89. The molecule has 1 aliphatic heterocycles. The normalized spacial score (nSPS) is 24.4. The Morgan fingerprint density at radius 3 is 2.67 bits per heavy atom. The number of rotatable bonds is 5. The molecule has 0 amide bonds. The topological polar surface area (TPSA) is 21.3 Å². The van der Waals surface area contributed by atoms with Crippen molar-refractivity contribution in [3.05, 3.63) is 0 Å². The summed E-state index contributed by atoms with van der Waals surface area (Å²) in [4.78, 5) is 0. The second kappa shape index (κ2) is 5.70. The van der Waals surface area contributed by atoms with Crippen LogP contribution in [0.25, 0.3) is 0 Å². The highest BCUT2D eigenvalue weighted by Crippen LogP contribution is 2.25. The van der Waals surface area contributed by atoms with Gasteiger partial charge in [0.15, 0.2) is 0 Å². The lowest BCUT2D eigenvalue weighted by Crippen LogP contribution is -2.40. The van der Waals surface area contributed by atoms with Crippen LogP contribution in [-0.4, -0.2) is 32.0 Å². The quantitative estimate of drug-likeness (QED) is 0.776. The fourth-order valence-electron chi connectivity index (χ4n) is 1.89. The van der Waals surface area contributed by atoms with E-state index < -0.39 is 12.2 Å². The summed E-state index contributed by atoms with van der Waals surface area (Å²) in [5.74, 6) is 0. The van der Waals surface area contributed by atoms with E-state index in [1.54, 1.807) is 0 Å². The molecule has 0 radical (unpaired) electrons. The van der Waals surface area contributed by atoms with Gasteiger partial charge in [0.1, 0.15) is 6.04 Å². The fraction of sp³-hybridized carbons (Fsp3) is 1.00. The average Bonchev–Trinajstić information content (AvgIpc) is 2.62. The number of hydrogen-bond acceptors (Lipinski definition) is 2. The largest absolute Gasteiger partial charge is 0.403 e. The van der Waals surface area contributed by atoms with Gasteiger partial charge in [0, 0.05) is 6.61 Å². The highest BCUT2D eigenvalue weighted by atomic mass is 19.4. The second-order valence-corrected chi connectivity index (χ2v) is 3.95. The first-order chi connectivity index (χ1) is 7.04. The molecule has 2 unspecified atom stereocenters. The van der Waals surface area contributed by atoms with Crippen LogP contribution in [0.3, 0.4) is 0 Å². The van der Waals surface area contributed by atoms with Crippen molar-refractivity contribution in [1.82, 2.24) is 5.32 Å². The maximum absolute atomic E-state index is 12.3. The zero-order chi connectivity index (χ0) is 11.3. The minimum absolute atomic E-state index is 0.139. The predicted octanol–water partition coefficient (Wildman–Crippen LogP) is 2.49. The second-order valence-electron chi connectivity index (χ2n) is 3.95. The molecule has 1 saturated heterocycles. The molecular weight excluding hydrogens is 207 g/mol. The van der Waals surface area contributed by atoms with E-state index in [-0.39, 0.29) is 12.5 Å². The molecule has 2 nitrogen and oxygen atoms in total. The Labute approximate surface area is 88.2 Å². The third-order valence-electron chi connectivity index (χ3n) is 2.79. The van der Waals surface area contributed by atoms with Crippen molar-refractivity contribution in [3.63, 3.8) is 0 Å². The van der Waals surface area contributed by atoms with E-state index in [4.69, 9.17) is 4.74 Å². The van der Waals surface area contributed by atoms with Crippen molar-refractivity contribution >= 4 is 0 Å². The van der Waals surface area contributed by atoms with Crippen molar-refractivity contribution in [3.8, 4) is 0 Å².